The van der Waals surface area contributed by atoms with Gasteiger partial charge in [-0.2, -0.15) is 0 Å². The van der Waals surface area contributed by atoms with Gasteiger partial charge in [0, 0.05) is 23.0 Å². The number of nitrogens with two attached hydrogens (primary N) is 2. The second-order valence-corrected chi connectivity index (χ2v) is 19.2. The van der Waals surface area contributed by atoms with Gasteiger partial charge in [-0.3, -0.25) is 4.98 Å². The van der Waals surface area contributed by atoms with E-state index in [0.29, 0.717) is 57.4 Å². The van der Waals surface area contributed by atoms with Crippen LogP contribution < -0.4 is 20.9 Å². The summed E-state index contributed by atoms with van der Waals surface area (Å²) in [4.78, 5) is 31.5. The van der Waals surface area contributed by atoms with E-state index < -0.39 is 43.5 Å². The monoisotopic (exact) mass is 853 g/mol. The molecule has 0 saturated heterocycles. The minimum Gasteiger partial charge on any atom is -0.305 e. The Morgan fingerprint density at radius 3 is 1.55 bits per heavy atom. The van der Waals surface area contributed by atoms with Gasteiger partial charge in [-0.05, 0) is 118 Å². The number of fused-ring (bicyclic) bond motifs is 2. The first-order valence-electron chi connectivity index (χ1n) is 19.5. The molecule has 60 heavy (non-hydrogen) atoms. The molecule has 5 aromatic carbocycles. The molecule has 1 heterocycles. The lowest BCUT2D eigenvalue weighted by molar-refractivity contribution is 0.259. The molecule has 0 fully saturated rings. The van der Waals surface area contributed by atoms with E-state index in [2.05, 4.69) is 24.3 Å². The summed E-state index contributed by atoms with van der Waals surface area (Å²) in [5.41, 5.74) is 3.30. The first kappa shape index (κ1) is 44.0. The van der Waals surface area contributed by atoms with Crippen molar-refractivity contribution in [1.29, 1.82) is 0 Å². The summed E-state index contributed by atoms with van der Waals surface area (Å²) >= 11 is 0. The van der Waals surface area contributed by atoms with E-state index in [0.717, 1.165) is 10.8 Å². The summed E-state index contributed by atoms with van der Waals surface area (Å²) in [6, 6.07) is 24.6. The molecule has 1 aromatic heterocycles. The quantitative estimate of drug-likeness (QED) is 0.101. The molecule has 0 aliphatic heterocycles. The molecule has 6 N–H and O–H groups in total. The van der Waals surface area contributed by atoms with Crippen molar-refractivity contribution in [2.75, 3.05) is 10.6 Å². The molecule has 6 aromatic rings. The van der Waals surface area contributed by atoms with E-state index in [-0.39, 0.29) is 33.5 Å². The predicted molar refractivity (Wildman–Crippen MR) is 237 cm³/mol. The van der Waals surface area contributed by atoms with Crippen LogP contribution in [-0.2, 0) is 19.8 Å². The van der Waals surface area contributed by atoms with Crippen molar-refractivity contribution < 1.29 is 26.8 Å². The van der Waals surface area contributed by atoms with Gasteiger partial charge in [0.1, 0.15) is 31.5 Å². The molecule has 4 amide bonds. The van der Waals surface area contributed by atoms with Gasteiger partial charge in [0.25, 0.3) is 0 Å². The molecular weight excluding hydrogens is 805 g/mol. The number of halogens is 2. The summed E-state index contributed by atoms with van der Waals surface area (Å²) in [6.07, 6.45) is 2.19. The number of benzene rings is 5. The average Bonchev–Trinajstić information content (AvgIpc) is 3.19. The van der Waals surface area contributed by atoms with E-state index >= 15 is 8.78 Å². The van der Waals surface area contributed by atoms with Gasteiger partial charge in [-0.25, -0.2) is 37.1 Å². The number of nitrogens with one attached hydrogen (secondary N) is 2. The van der Waals surface area contributed by atoms with Crippen LogP contribution >= 0.6 is 0 Å². The summed E-state index contributed by atoms with van der Waals surface area (Å²) in [5, 5.41) is 20.2. The molecule has 15 heteroatoms. The first-order valence-corrected chi connectivity index (χ1v) is 22.7. The third-order valence-corrected chi connectivity index (χ3v) is 13.2. The number of hydrogen-bond donors (Lipinski definition) is 4. The highest BCUT2D eigenvalue weighted by Gasteiger charge is 2.25. The summed E-state index contributed by atoms with van der Waals surface area (Å²) in [5.74, 6) is -2.17. The number of amides is 4. The fourth-order valence-electron chi connectivity index (χ4n) is 7.26. The van der Waals surface area contributed by atoms with Crippen molar-refractivity contribution in [3.05, 3.63) is 137 Å². The highest BCUT2D eigenvalue weighted by Crippen LogP contribution is 2.40. The molecule has 0 saturated carbocycles. The van der Waals surface area contributed by atoms with E-state index in [1.54, 1.807) is 42.5 Å². The van der Waals surface area contributed by atoms with Gasteiger partial charge >= 0.3 is 12.1 Å². The first-order chi connectivity index (χ1) is 28.3. The fraction of sp³-hybridized carbons (Fsp3) is 0.267. The minimum atomic E-state index is -3.72. The maximum absolute atomic E-state index is 15.3. The molecule has 6 rings (SSSR count). The van der Waals surface area contributed by atoms with Gasteiger partial charge in [0.2, 0.25) is 0 Å². The molecule has 4 unspecified atom stereocenters. The van der Waals surface area contributed by atoms with Gasteiger partial charge in [0.15, 0.2) is 0 Å². The highest BCUT2D eigenvalue weighted by molar-refractivity contribution is 7.92. The molecule has 11 nitrogen and oxygen atoms in total. The number of urea groups is 2. The van der Waals surface area contributed by atoms with E-state index in [4.69, 9.17) is 10.3 Å². The number of carbonyl (C=O) groups excluding carboxylic acids is 2. The van der Waals surface area contributed by atoms with Crippen LogP contribution in [0.1, 0.15) is 100 Å². The van der Waals surface area contributed by atoms with Crippen LogP contribution in [0.4, 0.5) is 29.7 Å². The SMILES string of the molecule is CC(C)c1cc(F)cc(C(C)CCC(C)c2cc(F)cc(C(C)C)c2NC(=O)N=S(N)(=O)c2cnc3ccccc3c2)c1NC(=O)N=S(N)(=O)c1ccc2ccccc2c1. The molecule has 314 valence electrons. The lowest BCUT2D eigenvalue weighted by Gasteiger charge is -2.25. The average molecular weight is 854 g/mol. The Hall–Kier alpha value is -5.61. The Balaban J connectivity index is 1.26. The molecule has 0 aliphatic carbocycles. The van der Waals surface area contributed by atoms with E-state index in [9.17, 15) is 18.0 Å². The number of anilines is 2. The summed E-state index contributed by atoms with van der Waals surface area (Å²) < 4.78 is 65.4. The van der Waals surface area contributed by atoms with Crippen molar-refractivity contribution in [2.45, 2.75) is 87.8 Å². The van der Waals surface area contributed by atoms with Crippen LogP contribution in [0.2, 0.25) is 0 Å². The van der Waals surface area contributed by atoms with E-state index in [1.165, 1.54) is 30.5 Å². The van der Waals surface area contributed by atoms with Crippen molar-refractivity contribution >= 4 is 64.9 Å². The predicted octanol–water partition coefficient (Wildman–Crippen LogP) is 11.5. The second kappa shape index (κ2) is 17.9. The third kappa shape index (κ3) is 10.0. The van der Waals surface area contributed by atoms with Crippen LogP contribution in [0.15, 0.2) is 122 Å². The zero-order valence-electron chi connectivity index (χ0n) is 34.2. The van der Waals surface area contributed by atoms with Gasteiger partial charge in [0.05, 0.1) is 15.3 Å². The number of hydrogen-bond acceptors (Lipinski definition) is 5. The number of rotatable bonds is 11. The summed E-state index contributed by atoms with van der Waals surface area (Å²) in [7, 11) is -7.38. The Kier molecular flexibility index (Phi) is 13.1. The van der Waals surface area contributed by atoms with Crippen molar-refractivity contribution in [2.24, 2.45) is 19.0 Å². The number of nitrogens with zero attached hydrogens (tertiary/aromatic N) is 3. The Labute approximate surface area is 350 Å². The Morgan fingerprint density at radius 2 is 1.03 bits per heavy atom. The number of pyridine rings is 1. The highest BCUT2D eigenvalue weighted by atomic mass is 32.2. The van der Waals surface area contributed by atoms with Crippen molar-refractivity contribution in [3.8, 4) is 0 Å². The molecule has 4 atom stereocenters. The molecule has 0 spiro atoms. The lowest BCUT2D eigenvalue weighted by atomic mass is 9.84. The summed E-state index contributed by atoms with van der Waals surface area (Å²) in [6.45, 7) is 11.2. The fourth-order valence-corrected chi connectivity index (χ4v) is 9.11. The Morgan fingerprint density at radius 1 is 0.600 bits per heavy atom. The van der Waals surface area contributed by atoms with Gasteiger partial charge in [-0.15, -0.1) is 8.73 Å². The molecule has 0 radical (unpaired) electrons. The van der Waals surface area contributed by atoms with Crippen molar-refractivity contribution in [3.63, 3.8) is 0 Å². The maximum Gasteiger partial charge on any atom is 0.354 e. The maximum atomic E-state index is 15.3. The van der Waals surface area contributed by atoms with Gasteiger partial charge < -0.3 is 10.6 Å². The van der Waals surface area contributed by atoms with Crippen molar-refractivity contribution in [1.82, 2.24) is 4.98 Å². The zero-order chi connectivity index (χ0) is 43.5. The number of carbonyl (C=O) groups is 2. The normalized spacial score (nSPS) is 14.7. The standard InChI is InChI=1S/C45H49F2N7O4S2/c1-26(2)37-21-33(46)23-39(42(37)51-44(55)53-59(48,57)35-18-17-30-11-7-8-12-31(30)19-35)28(5)15-16-29(6)40-24-34(47)22-38(27(3)4)43(40)52-45(56)54-60(49,58)36-20-32-13-9-10-14-41(32)50-25-36/h7-14,17-29H,15-16H2,1-6H3,(H3,48,51,53,55,57)(H3,49,52,54,56,58). The third-order valence-electron chi connectivity index (χ3n) is 10.5. The molecular formula is C45H49F2N7O4S2. The topological polar surface area (TPSA) is 182 Å². The number of aromatic nitrogens is 1. The van der Waals surface area contributed by atoms with E-state index in [1.807, 2.05) is 71.9 Å². The van der Waals surface area contributed by atoms with Crippen LogP contribution in [0, 0.1) is 11.6 Å². The smallest absolute Gasteiger partial charge is 0.305 e. The van der Waals surface area contributed by atoms with Crippen LogP contribution in [0.3, 0.4) is 0 Å². The van der Waals surface area contributed by atoms with Gasteiger partial charge in [-0.1, -0.05) is 90.1 Å². The largest absolute Gasteiger partial charge is 0.354 e. The Bertz CT molecular complexity index is 2690. The van der Waals surface area contributed by atoms with Crippen LogP contribution in [0.5, 0.6) is 0 Å². The van der Waals surface area contributed by atoms with Crippen LogP contribution in [-0.4, -0.2) is 25.5 Å². The zero-order valence-corrected chi connectivity index (χ0v) is 35.9. The number of para-hydroxylation sites is 1. The second-order valence-electron chi connectivity index (χ2n) is 15.7. The molecule has 0 aliphatic rings. The van der Waals surface area contributed by atoms with Crippen LogP contribution in [0.25, 0.3) is 21.7 Å². The lowest BCUT2D eigenvalue weighted by Crippen LogP contribution is -2.20. The molecule has 0 bridgehead atoms. The minimum absolute atomic E-state index is 0.0749.